The van der Waals surface area contributed by atoms with Crippen LogP contribution in [0.2, 0.25) is 0 Å². The molecule has 2 rings (SSSR count). The van der Waals surface area contributed by atoms with E-state index in [1.807, 2.05) is 22.5 Å². The molecule has 0 saturated heterocycles. The van der Waals surface area contributed by atoms with Crippen molar-refractivity contribution in [2.45, 2.75) is 19.5 Å². The molecule has 0 spiro atoms. The van der Waals surface area contributed by atoms with Crippen molar-refractivity contribution in [2.24, 2.45) is 5.73 Å². The Kier molecular flexibility index (Phi) is 2.65. The number of hydrogen-bond donors (Lipinski definition) is 1. The third-order valence-electron chi connectivity index (χ3n) is 2.24. The standard InChI is InChI=1S/C10H13N3S/c1-2-13-6-9(5-12-13)10(11)8-3-4-14-7-8/h3-7,10H,2,11H2,1H3. The van der Waals surface area contributed by atoms with Gasteiger partial charge in [0, 0.05) is 18.3 Å². The van der Waals surface area contributed by atoms with Gasteiger partial charge in [-0.15, -0.1) is 0 Å². The van der Waals surface area contributed by atoms with E-state index in [0.717, 1.165) is 17.7 Å². The second-order valence-corrected chi connectivity index (χ2v) is 3.94. The van der Waals surface area contributed by atoms with Gasteiger partial charge in [-0.1, -0.05) is 0 Å². The maximum atomic E-state index is 6.08. The maximum Gasteiger partial charge on any atom is 0.0591 e. The van der Waals surface area contributed by atoms with E-state index in [1.54, 1.807) is 11.3 Å². The molecule has 74 valence electrons. The average Bonchev–Trinajstić information content (AvgIpc) is 2.88. The molecule has 0 radical (unpaired) electrons. The summed E-state index contributed by atoms with van der Waals surface area (Å²) in [5.74, 6) is 0. The minimum Gasteiger partial charge on any atom is -0.320 e. The van der Waals surface area contributed by atoms with E-state index in [4.69, 9.17) is 5.73 Å². The zero-order valence-electron chi connectivity index (χ0n) is 8.05. The normalized spacial score (nSPS) is 13.0. The van der Waals surface area contributed by atoms with E-state index in [-0.39, 0.29) is 6.04 Å². The molecule has 0 saturated carbocycles. The Morgan fingerprint density at radius 2 is 2.43 bits per heavy atom. The molecular weight excluding hydrogens is 194 g/mol. The van der Waals surface area contributed by atoms with Crippen molar-refractivity contribution in [1.29, 1.82) is 0 Å². The summed E-state index contributed by atoms with van der Waals surface area (Å²) in [4.78, 5) is 0. The summed E-state index contributed by atoms with van der Waals surface area (Å²) in [6, 6.07) is 2.01. The van der Waals surface area contributed by atoms with E-state index >= 15 is 0 Å². The van der Waals surface area contributed by atoms with Crippen LogP contribution >= 0.6 is 11.3 Å². The first kappa shape index (κ1) is 9.43. The van der Waals surface area contributed by atoms with Gasteiger partial charge in [-0.25, -0.2) is 0 Å². The third-order valence-corrected chi connectivity index (χ3v) is 2.94. The largest absolute Gasteiger partial charge is 0.320 e. The summed E-state index contributed by atoms with van der Waals surface area (Å²) in [5, 5.41) is 8.32. The molecule has 2 aromatic rings. The number of rotatable bonds is 3. The van der Waals surface area contributed by atoms with Crippen LogP contribution in [0.15, 0.2) is 29.2 Å². The van der Waals surface area contributed by atoms with Crippen LogP contribution in [0.1, 0.15) is 24.1 Å². The minimum absolute atomic E-state index is 0.0402. The van der Waals surface area contributed by atoms with Gasteiger partial charge in [0.2, 0.25) is 0 Å². The van der Waals surface area contributed by atoms with Crippen molar-refractivity contribution in [3.63, 3.8) is 0 Å². The molecule has 1 atom stereocenters. The second-order valence-electron chi connectivity index (χ2n) is 3.16. The second kappa shape index (κ2) is 3.94. The first-order valence-corrected chi connectivity index (χ1v) is 5.55. The van der Waals surface area contributed by atoms with Gasteiger partial charge in [0.25, 0.3) is 0 Å². The predicted molar refractivity (Wildman–Crippen MR) is 58.3 cm³/mol. The first-order chi connectivity index (χ1) is 6.81. The Labute approximate surface area is 87.2 Å². The summed E-state index contributed by atoms with van der Waals surface area (Å²) >= 11 is 1.67. The molecule has 4 heteroatoms. The van der Waals surface area contributed by atoms with Gasteiger partial charge in [-0.05, 0) is 29.3 Å². The monoisotopic (exact) mass is 207 g/mol. The van der Waals surface area contributed by atoms with Crippen molar-refractivity contribution >= 4 is 11.3 Å². The lowest BCUT2D eigenvalue weighted by molar-refractivity contribution is 0.658. The molecule has 2 aromatic heterocycles. The maximum absolute atomic E-state index is 6.08. The van der Waals surface area contributed by atoms with E-state index in [0.29, 0.717) is 0 Å². The van der Waals surface area contributed by atoms with Gasteiger partial charge >= 0.3 is 0 Å². The summed E-state index contributed by atoms with van der Waals surface area (Å²) < 4.78 is 1.89. The van der Waals surface area contributed by atoms with Gasteiger partial charge in [0.15, 0.2) is 0 Å². The Morgan fingerprint density at radius 1 is 1.57 bits per heavy atom. The fourth-order valence-corrected chi connectivity index (χ4v) is 2.05. The summed E-state index contributed by atoms with van der Waals surface area (Å²) in [7, 11) is 0. The molecule has 0 aromatic carbocycles. The minimum atomic E-state index is -0.0402. The lowest BCUT2D eigenvalue weighted by atomic mass is 10.1. The molecule has 3 nitrogen and oxygen atoms in total. The van der Waals surface area contributed by atoms with Gasteiger partial charge in [-0.3, -0.25) is 4.68 Å². The highest BCUT2D eigenvalue weighted by Gasteiger charge is 2.10. The first-order valence-electron chi connectivity index (χ1n) is 4.61. The summed E-state index contributed by atoms with van der Waals surface area (Å²) in [6.45, 7) is 2.95. The Bertz CT molecular complexity index is 391. The van der Waals surface area contributed by atoms with Crippen molar-refractivity contribution in [2.75, 3.05) is 0 Å². The van der Waals surface area contributed by atoms with Crippen molar-refractivity contribution in [3.05, 3.63) is 40.3 Å². The van der Waals surface area contributed by atoms with Crippen LogP contribution in [0.3, 0.4) is 0 Å². The molecular formula is C10H13N3S. The van der Waals surface area contributed by atoms with E-state index in [9.17, 15) is 0 Å². The Morgan fingerprint density at radius 3 is 3.00 bits per heavy atom. The highest BCUT2D eigenvalue weighted by atomic mass is 32.1. The van der Waals surface area contributed by atoms with Crippen LogP contribution < -0.4 is 5.73 Å². The van der Waals surface area contributed by atoms with E-state index in [1.165, 1.54) is 0 Å². The SMILES string of the molecule is CCn1cc(C(N)c2ccsc2)cn1. The highest BCUT2D eigenvalue weighted by molar-refractivity contribution is 7.07. The predicted octanol–water partition coefficient (Wildman–Crippen LogP) is 2.01. The van der Waals surface area contributed by atoms with Crippen LogP contribution in [0.25, 0.3) is 0 Å². The van der Waals surface area contributed by atoms with Crippen LogP contribution in [0.5, 0.6) is 0 Å². The molecule has 2 heterocycles. The zero-order chi connectivity index (χ0) is 9.97. The van der Waals surface area contributed by atoms with Crippen LogP contribution in [-0.2, 0) is 6.54 Å². The summed E-state index contributed by atoms with van der Waals surface area (Å²) in [6.07, 6.45) is 3.84. The number of hydrogen-bond acceptors (Lipinski definition) is 3. The smallest absolute Gasteiger partial charge is 0.0591 e. The molecule has 2 N–H and O–H groups in total. The fourth-order valence-electron chi connectivity index (χ4n) is 1.36. The quantitative estimate of drug-likeness (QED) is 0.836. The van der Waals surface area contributed by atoms with Gasteiger partial charge < -0.3 is 5.73 Å². The molecule has 0 aliphatic rings. The van der Waals surface area contributed by atoms with Gasteiger partial charge in [0.05, 0.1) is 12.2 Å². The van der Waals surface area contributed by atoms with Crippen molar-refractivity contribution in [1.82, 2.24) is 9.78 Å². The zero-order valence-corrected chi connectivity index (χ0v) is 8.87. The lowest BCUT2D eigenvalue weighted by Crippen LogP contribution is -2.09. The fraction of sp³-hybridized carbons (Fsp3) is 0.300. The summed E-state index contributed by atoms with van der Waals surface area (Å²) in [5.41, 5.74) is 8.31. The van der Waals surface area contributed by atoms with Crippen LogP contribution in [-0.4, -0.2) is 9.78 Å². The van der Waals surface area contributed by atoms with E-state index in [2.05, 4.69) is 23.5 Å². The van der Waals surface area contributed by atoms with Gasteiger partial charge in [-0.2, -0.15) is 16.4 Å². The van der Waals surface area contributed by atoms with Crippen molar-refractivity contribution in [3.8, 4) is 0 Å². The van der Waals surface area contributed by atoms with E-state index < -0.39 is 0 Å². The average molecular weight is 207 g/mol. The highest BCUT2D eigenvalue weighted by Crippen LogP contribution is 2.20. The van der Waals surface area contributed by atoms with Crippen molar-refractivity contribution < 1.29 is 0 Å². The molecule has 14 heavy (non-hydrogen) atoms. The molecule has 0 aliphatic heterocycles. The number of nitrogens with zero attached hydrogens (tertiary/aromatic N) is 2. The topological polar surface area (TPSA) is 43.8 Å². The van der Waals surface area contributed by atoms with Crippen LogP contribution in [0, 0.1) is 0 Å². The number of aromatic nitrogens is 2. The molecule has 0 fully saturated rings. The molecule has 0 bridgehead atoms. The Hall–Kier alpha value is -1.13. The number of thiophene rings is 1. The third kappa shape index (κ3) is 1.71. The molecule has 0 amide bonds. The number of aryl methyl sites for hydroxylation is 1. The lowest BCUT2D eigenvalue weighted by Gasteiger charge is -2.05. The number of nitrogens with two attached hydrogens (primary N) is 1. The molecule has 1 unspecified atom stereocenters. The molecule has 0 aliphatic carbocycles. The Balaban J connectivity index is 2.23. The van der Waals surface area contributed by atoms with Gasteiger partial charge in [0.1, 0.15) is 0 Å². The van der Waals surface area contributed by atoms with Crippen LogP contribution in [0.4, 0.5) is 0 Å².